The maximum absolute atomic E-state index is 10.9. The van der Waals surface area contributed by atoms with E-state index in [9.17, 15) is 4.79 Å². The largest absolute Gasteiger partial charge is 0.300 e. The van der Waals surface area contributed by atoms with Crippen molar-refractivity contribution in [2.24, 2.45) is 0 Å². The lowest BCUT2D eigenvalue weighted by Crippen LogP contribution is -2.19. The van der Waals surface area contributed by atoms with Gasteiger partial charge in [0.25, 0.3) is 0 Å². The van der Waals surface area contributed by atoms with Gasteiger partial charge in [0, 0.05) is 11.2 Å². The first-order valence-corrected chi connectivity index (χ1v) is 5.60. The fraction of sp³-hybridized carbons (Fsp3) is 0.900. The average Bonchev–Trinajstić information content (AvgIpc) is 1.84. The highest BCUT2D eigenvalue weighted by atomic mass is 32.2. The predicted molar refractivity (Wildman–Crippen MR) is 56.7 cm³/mol. The standard InChI is InChI=1S/C10H20OS/c1-5-6-7-12-10(3,4)8-9(2)11/h5-8H2,1-4H3. The highest BCUT2D eigenvalue weighted by Crippen LogP contribution is 2.28. The van der Waals surface area contributed by atoms with Crippen molar-refractivity contribution < 1.29 is 4.79 Å². The van der Waals surface area contributed by atoms with E-state index in [4.69, 9.17) is 0 Å². The van der Waals surface area contributed by atoms with E-state index in [2.05, 4.69) is 20.8 Å². The number of hydrogen-bond donors (Lipinski definition) is 0. The van der Waals surface area contributed by atoms with Gasteiger partial charge in [-0.15, -0.1) is 0 Å². The number of rotatable bonds is 6. The summed E-state index contributed by atoms with van der Waals surface area (Å²) in [6.45, 7) is 8.16. The summed E-state index contributed by atoms with van der Waals surface area (Å²) in [5.74, 6) is 1.47. The summed E-state index contributed by atoms with van der Waals surface area (Å²) >= 11 is 1.91. The second-order valence-corrected chi connectivity index (χ2v) is 5.64. The minimum absolute atomic E-state index is 0.140. The third-order valence-electron chi connectivity index (χ3n) is 1.67. The first-order valence-electron chi connectivity index (χ1n) is 4.61. The lowest BCUT2D eigenvalue weighted by molar-refractivity contribution is -0.117. The Morgan fingerprint density at radius 2 is 2.00 bits per heavy atom. The van der Waals surface area contributed by atoms with Crippen LogP contribution in [0.15, 0.2) is 0 Å². The van der Waals surface area contributed by atoms with Crippen LogP contribution in [0.1, 0.15) is 47.0 Å². The molecule has 0 radical (unpaired) electrons. The van der Waals surface area contributed by atoms with Gasteiger partial charge in [0.2, 0.25) is 0 Å². The van der Waals surface area contributed by atoms with Crippen molar-refractivity contribution in [1.29, 1.82) is 0 Å². The Morgan fingerprint density at radius 3 is 2.42 bits per heavy atom. The quantitative estimate of drug-likeness (QED) is 0.595. The molecule has 0 saturated carbocycles. The summed E-state index contributed by atoms with van der Waals surface area (Å²) in [4.78, 5) is 10.9. The summed E-state index contributed by atoms with van der Waals surface area (Å²) in [5, 5.41) is 0. The van der Waals surface area contributed by atoms with Gasteiger partial charge in [0.15, 0.2) is 0 Å². The van der Waals surface area contributed by atoms with Crippen LogP contribution in [0.2, 0.25) is 0 Å². The molecule has 0 amide bonds. The molecule has 0 aliphatic heterocycles. The van der Waals surface area contributed by atoms with Gasteiger partial charge in [-0.25, -0.2) is 0 Å². The number of ketones is 1. The molecule has 0 aromatic heterocycles. The van der Waals surface area contributed by atoms with Gasteiger partial charge in [0.05, 0.1) is 0 Å². The van der Waals surface area contributed by atoms with Crippen molar-refractivity contribution >= 4 is 17.5 Å². The highest BCUT2D eigenvalue weighted by molar-refractivity contribution is 8.00. The fourth-order valence-electron chi connectivity index (χ4n) is 1.14. The minimum atomic E-state index is 0.140. The van der Waals surface area contributed by atoms with Crippen molar-refractivity contribution in [2.45, 2.75) is 51.7 Å². The second-order valence-electron chi connectivity index (χ2n) is 3.84. The molecular formula is C10H20OS. The molecule has 0 fully saturated rings. The van der Waals surface area contributed by atoms with Crippen LogP contribution in [0.3, 0.4) is 0 Å². The predicted octanol–water partition coefficient (Wildman–Crippen LogP) is 3.28. The number of Topliss-reactive ketones (excluding diaryl/α,β-unsaturated/α-hetero) is 1. The minimum Gasteiger partial charge on any atom is -0.300 e. The van der Waals surface area contributed by atoms with E-state index in [1.807, 2.05) is 11.8 Å². The van der Waals surface area contributed by atoms with E-state index in [1.165, 1.54) is 18.6 Å². The smallest absolute Gasteiger partial charge is 0.131 e. The van der Waals surface area contributed by atoms with E-state index in [0.29, 0.717) is 12.2 Å². The number of hydrogen-bond acceptors (Lipinski definition) is 2. The van der Waals surface area contributed by atoms with Gasteiger partial charge in [0.1, 0.15) is 5.78 Å². The Hall–Kier alpha value is 0.0200. The van der Waals surface area contributed by atoms with Gasteiger partial charge in [-0.3, -0.25) is 4.79 Å². The Labute approximate surface area is 80.3 Å². The van der Waals surface area contributed by atoms with Gasteiger partial charge < -0.3 is 0 Å². The molecule has 0 rings (SSSR count). The van der Waals surface area contributed by atoms with Gasteiger partial charge in [-0.2, -0.15) is 11.8 Å². The molecule has 1 nitrogen and oxygen atoms in total. The van der Waals surface area contributed by atoms with E-state index in [0.717, 1.165) is 0 Å². The molecule has 0 N–H and O–H groups in total. The topological polar surface area (TPSA) is 17.1 Å². The number of unbranched alkanes of at least 4 members (excludes halogenated alkanes) is 1. The zero-order chi connectivity index (χ0) is 9.61. The summed E-state index contributed by atoms with van der Waals surface area (Å²) in [6, 6.07) is 0. The van der Waals surface area contributed by atoms with Gasteiger partial charge in [-0.1, -0.05) is 27.2 Å². The Bertz CT molecular complexity index is 141. The normalized spacial score (nSPS) is 11.7. The molecule has 2 heteroatoms. The molecule has 72 valence electrons. The van der Waals surface area contributed by atoms with Gasteiger partial charge >= 0.3 is 0 Å². The highest BCUT2D eigenvalue weighted by Gasteiger charge is 2.19. The van der Waals surface area contributed by atoms with Crippen LogP contribution in [-0.4, -0.2) is 16.3 Å². The molecule has 0 bridgehead atoms. The SMILES string of the molecule is CCCCSC(C)(C)CC(C)=O. The first-order chi connectivity index (χ1) is 5.48. The van der Waals surface area contributed by atoms with Crippen LogP contribution >= 0.6 is 11.8 Å². The Kier molecular flexibility index (Phi) is 5.64. The number of thioether (sulfide) groups is 1. The third kappa shape index (κ3) is 6.71. The maximum atomic E-state index is 10.9. The second kappa shape index (κ2) is 5.63. The molecule has 0 saturated heterocycles. The molecular weight excluding hydrogens is 168 g/mol. The van der Waals surface area contributed by atoms with Crippen LogP contribution in [-0.2, 0) is 4.79 Å². The van der Waals surface area contributed by atoms with Crippen LogP contribution < -0.4 is 0 Å². The summed E-state index contributed by atoms with van der Waals surface area (Å²) in [6.07, 6.45) is 3.19. The third-order valence-corrected chi connectivity index (χ3v) is 3.08. The Balaban J connectivity index is 3.63. The molecule has 0 aliphatic rings. The lowest BCUT2D eigenvalue weighted by atomic mass is 10.1. The zero-order valence-electron chi connectivity index (χ0n) is 8.64. The Morgan fingerprint density at radius 1 is 1.42 bits per heavy atom. The monoisotopic (exact) mass is 188 g/mol. The number of carbonyl (C=O) groups is 1. The maximum Gasteiger partial charge on any atom is 0.131 e. The van der Waals surface area contributed by atoms with Crippen molar-refractivity contribution in [3.05, 3.63) is 0 Å². The molecule has 0 aromatic rings. The van der Waals surface area contributed by atoms with Crippen LogP contribution in [0.5, 0.6) is 0 Å². The lowest BCUT2D eigenvalue weighted by Gasteiger charge is -2.22. The van der Waals surface area contributed by atoms with Crippen molar-refractivity contribution in [3.63, 3.8) is 0 Å². The average molecular weight is 188 g/mol. The van der Waals surface area contributed by atoms with E-state index < -0.39 is 0 Å². The molecule has 0 aromatic carbocycles. The summed E-state index contributed by atoms with van der Waals surface area (Å²) in [5.41, 5.74) is 0. The summed E-state index contributed by atoms with van der Waals surface area (Å²) in [7, 11) is 0. The van der Waals surface area contributed by atoms with E-state index in [-0.39, 0.29) is 4.75 Å². The van der Waals surface area contributed by atoms with E-state index in [1.54, 1.807) is 6.92 Å². The van der Waals surface area contributed by atoms with Crippen molar-refractivity contribution in [1.82, 2.24) is 0 Å². The van der Waals surface area contributed by atoms with Crippen LogP contribution in [0.4, 0.5) is 0 Å². The van der Waals surface area contributed by atoms with Crippen molar-refractivity contribution in [2.75, 3.05) is 5.75 Å². The van der Waals surface area contributed by atoms with Crippen LogP contribution in [0.25, 0.3) is 0 Å². The fourth-order valence-corrected chi connectivity index (χ4v) is 2.43. The first kappa shape index (κ1) is 12.0. The number of carbonyl (C=O) groups excluding carboxylic acids is 1. The summed E-state index contributed by atoms with van der Waals surface area (Å²) < 4.78 is 0.140. The molecule has 0 aliphatic carbocycles. The van der Waals surface area contributed by atoms with E-state index >= 15 is 0 Å². The molecule has 12 heavy (non-hydrogen) atoms. The molecule has 0 unspecified atom stereocenters. The molecule has 0 heterocycles. The van der Waals surface area contributed by atoms with Gasteiger partial charge in [-0.05, 0) is 19.1 Å². The van der Waals surface area contributed by atoms with Crippen molar-refractivity contribution in [3.8, 4) is 0 Å². The zero-order valence-corrected chi connectivity index (χ0v) is 9.46. The van der Waals surface area contributed by atoms with Crippen LogP contribution in [0, 0.1) is 0 Å². The molecule has 0 spiro atoms. The molecule has 0 atom stereocenters.